The van der Waals surface area contributed by atoms with Crippen LogP contribution in [0.1, 0.15) is 48.2 Å². The standard InChI is InChI=1S/C24H27NO/c1-17(2)8-7-9-19(4)23-16-20-10-5-6-11-22(20)24(26)25(23)21-14-12-18(3)13-15-21/h5-6,8,10-15,23H,4,7,9,16H2,1-3H3. The number of hydrogen-bond donors (Lipinski definition) is 0. The number of carbonyl (C=O) groups is 1. The van der Waals surface area contributed by atoms with Gasteiger partial charge in [-0.05, 0) is 63.8 Å². The van der Waals surface area contributed by atoms with Crippen molar-refractivity contribution in [2.45, 2.75) is 46.1 Å². The molecule has 1 aliphatic heterocycles. The molecule has 3 rings (SSSR count). The van der Waals surface area contributed by atoms with E-state index < -0.39 is 0 Å². The van der Waals surface area contributed by atoms with Gasteiger partial charge in [-0.25, -0.2) is 0 Å². The molecule has 1 aliphatic rings. The first kappa shape index (κ1) is 18.2. The maximum atomic E-state index is 13.3. The third kappa shape index (κ3) is 3.80. The molecule has 0 aromatic heterocycles. The van der Waals surface area contributed by atoms with Crippen LogP contribution in [0, 0.1) is 6.92 Å². The minimum Gasteiger partial charge on any atom is -0.301 e. The van der Waals surface area contributed by atoms with Crippen LogP contribution >= 0.6 is 0 Å². The van der Waals surface area contributed by atoms with Gasteiger partial charge in [-0.2, -0.15) is 0 Å². The average Bonchev–Trinajstić information content (AvgIpc) is 2.62. The van der Waals surface area contributed by atoms with Crippen molar-refractivity contribution in [2.24, 2.45) is 0 Å². The Labute approximate surface area is 156 Å². The van der Waals surface area contributed by atoms with E-state index in [1.165, 1.54) is 11.1 Å². The van der Waals surface area contributed by atoms with E-state index >= 15 is 0 Å². The highest BCUT2D eigenvalue weighted by Crippen LogP contribution is 2.32. The largest absolute Gasteiger partial charge is 0.301 e. The number of fused-ring (bicyclic) bond motifs is 1. The van der Waals surface area contributed by atoms with Crippen molar-refractivity contribution < 1.29 is 4.79 Å². The quantitative estimate of drug-likeness (QED) is 0.621. The molecule has 1 amide bonds. The van der Waals surface area contributed by atoms with Gasteiger partial charge in [0.25, 0.3) is 5.91 Å². The summed E-state index contributed by atoms with van der Waals surface area (Å²) in [5, 5.41) is 0. The molecule has 26 heavy (non-hydrogen) atoms. The molecule has 0 bridgehead atoms. The first-order chi connectivity index (χ1) is 12.5. The highest BCUT2D eigenvalue weighted by Gasteiger charge is 2.34. The second kappa shape index (κ2) is 7.74. The molecule has 134 valence electrons. The normalized spacial score (nSPS) is 16.2. The van der Waals surface area contributed by atoms with Crippen molar-refractivity contribution in [1.29, 1.82) is 0 Å². The Bertz CT molecular complexity index is 841. The summed E-state index contributed by atoms with van der Waals surface area (Å²) in [5.41, 5.74) is 6.50. The second-order valence-corrected chi connectivity index (χ2v) is 7.37. The van der Waals surface area contributed by atoms with Crippen molar-refractivity contribution in [3.05, 3.63) is 89.0 Å². The molecule has 0 spiro atoms. The third-order valence-electron chi connectivity index (χ3n) is 4.99. The zero-order chi connectivity index (χ0) is 18.7. The Morgan fingerprint density at radius 2 is 1.85 bits per heavy atom. The smallest absolute Gasteiger partial charge is 0.259 e. The molecule has 2 heteroatoms. The highest BCUT2D eigenvalue weighted by atomic mass is 16.2. The summed E-state index contributed by atoms with van der Waals surface area (Å²) in [6.45, 7) is 10.6. The minimum atomic E-state index is 0.00525. The van der Waals surface area contributed by atoms with Crippen LogP contribution in [0.2, 0.25) is 0 Å². The van der Waals surface area contributed by atoms with Crippen molar-refractivity contribution in [2.75, 3.05) is 4.90 Å². The molecule has 1 atom stereocenters. The van der Waals surface area contributed by atoms with Gasteiger partial charge in [0, 0.05) is 11.3 Å². The number of carbonyl (C=O) groups excluding carboxylic acids is 1. The van der Waals surface area contributed by atoms with Crippen molar-refractivity contribution >= 4 is 11.6 Å². The lowest BCUT2D eigenvalue weighted by Gasteiger charge is -2.38. The maximum Gasteiger partial charge on any atom is 0.259 e. The van der Waals surface area contributed by atoms with Crippen LogP contribution in [0.25, 0.3) is 0 Å². The van der Waals surface area contributed by atoms with Gasteiger partial charge in [0.1, 0.15) is 0 Å². The van der Waals surface area contributed by atoms with Gasteiger partial charge in [-0.3, -0.25) is 4.79 Å². The van der Waals surface area contributed by atoms with Gasteiger partial charge in [-0.1, -0.05) is 59.7 Å². The number of benzene rings is 2. The molecule has 2 aromatic carbocycles. The van der Waals surface area contributed by atoms with Crippen LogP contribution in [0.15, 0.2) is 72.3 Å². The fourth-order valence-corrected chi connectivity index (χ4v) is 3.52. The number of nitrogens with zero attached hydrogens (tertiary/aromatic N) is 1. The van der Waals surface area contributed by atoms with Crippen LogP contribution in [-0.4, -0.2) is 11.9 Å². The van der Waals surface area contributed by atoms with Gasteiger partial charge < -0.3 is 4.90 Å². The molecular formula is C24H27NO. The monoisotopic (exact) mass is 345 g/mol. The predicted molar refractivity (Wildman–Crippen MR) is 110 cm³/mol. The molecule has 2 nitrogen and oxygen atoms in total. The van der Waals surface area contributed by atoms with E-state index in [-0.39, 0.29) is 11.9 Å². The van der Waals surface area contributed by atoms with Gasteiger partial charge in [0.15, 0.2) is 0 Å². The van der Waals surface area contributed by atoms with Crippen LogP contribution in [0.4, 0.5) is 5.69 Å². The predicted octanol–water partition coefficient (Wildman–Crippen LogP) is 5.87. The van der Waals surface area contributed by atoms with E-state index in [9.17, 15) is 4.79 Å². The Balaban J connectivity index is 1.96. The lowest BCUT2D eigenvalue weighted by molar-refractivity contribution is 0.0971. The van der Waals surface area contributed by atoms with Gasteiger partial charge in [0.05, 0.1) is 6.04 Å². The first-order valence-corrected chi connectivity index (χ1v) is 9.26. The summed E-state index contributed by atoms with van der Waals surface area (Å²) in [6.07, 6.45) is 4.92. The number of hydrogen-bond acceptors (Lipinski definition) is 1. The molecule has 1 unspecified atom stereocenters. The molecule has 0 saturated carbocycles. The topological polar surface area (TPSA) is 20.3 Å². The summed E-state index contributed by atoms with van der Waals surface area (Å²) in [6, 6.07) is 16.2. The molecule has 1 heterocycles. The number of rotatable bonds is 5. The summed E-state index contributed by atoms with van der Waals surface area (Å²) in [7, 11) is 0. The first-order valence-electron chi connectivity index (χ1n) is 9.26. The minimum absolute atomic E-state index is 0.00525. The molecule has 0 radical (unpaired) electrons. The van der Waals surface area contributed by atoms with Gasteiger partial charge >= 0.3 is 0 Å². The Hall–Kier alpha value is -2.61. The van der Waals surface area contributed by atoms with Gasteiger partial charge in [-0.15, -0.1) is 0 Å². The molecule has 0 fully saturated rings. The van der Waals surface area contributed by atoms with E-state index in [0.717, 1.165) is 41.6 Å². The third-order valence-corrected chi connectivity index (χ3v) is 4.99. The average molecular weight is 345 g/mol. The number of aryl methyl sites for hydroxylation is 1. The van der Waals surface area contributed by atoms with Crippen LogP contribution in [-0.2, 0) is 6.42 Å². The van der Waals surface area contributed by atoms with E-state index in [0.29, 0.717) is 0 Å². The molecule has 0 N–H and O–H groups in total. The fourth-order valence-electron chi connectivity index (χ4n) is 3.52. The number of amides is 1. The van der Waals surface area contributed by atoms with Crippen molar-refractivity contribution in [3.63, 3.8) is 0 Å². The second-order valence-electron chi connectivity index (χ2n) is 7.37. The fraction of sp³-hybridized carbons (Fsp3) is 0.292. The van der Waals surface area contributed by atoms with Crippen molar-refractivity contribution in [3.8, 4) is 0 Å². The zero-order valence-corrected chi connectivity index (χ0v) is 16.0. The molecule has 2 aromatic rings. The van der Waals surface area contributed by atoms with E-state index in [1.54, 1.807) is 0 Å². The van der Waals surface area contributed by atoms with E-state index in [1.807, 2.05) is 35.2 Å². The molecular weight excluding hydrogens is 318 g/mol. The lowest BCUT2D eigenvalue weighted by Crippen LogP contribution is -2.46. The highest BCUT2D eigenvalue weighted by molar-refractivity contribution is 6.09. The summed E-state index contributed by atoms with van der Waals surface area (Å²) < 4.78 is 0. The number of anilines is 1. The maximum absolute atomic E-state index is 13.3. The molecule has 0 saturated heterocycles. The summed E-state index contributed by atoms with van der Waals surface area (Å²) in [5.74, 6) is 0.0732. The Morgan fingerprint density at radius 3 is 2.54 bits per heavy atom. The van der Waals surface area contributed by atoms with Crippen LogP contribution in [0.3, 0.4) is 0 Å². The van der Waals surface area contributed by atoms with Crippen LogP contribution in [0.5, 0.6) is 0 Å². The SMILES string of the molecule is C=C(CCC=C(C)C)C1Cc2ccccc2C(=O)N1c1ccc(C)cc1. The van der Waals surface area contributed by atoms with Crippen LogP contribution < -0.4 is 4.90 Å². The van der Waals surface area contributed by atoms with E-state index in [4.69, 9.17) is 0 Å². The van der Waals surface area contributed by atoms with E-state index in [2.05, 4.69) is 51.6 Å². The zero-order valence-electron chi connectivity index (χ0n) is 16.0. The number of allylic oxidation sites excluding steroid dienone is 2. The summed E-state index contributed by atoms with van der Waals surface area (Å²) in [4.78, 5) is 15.2. The summed E-state index contributed by atoms with van der Waals surface area (Å²) >= 11 is 0. The molecule has 0 aliphatic carbocycles. The van der Waals surface area contributed by atoms with Crippen molar-refractivity contribution in [1.82, 2.24) is 0 Å². The lowest BCUT2D eigenvalue weighted by atomic mass is 9.87. The Morgan fingerprint density at radius 1 is 1.15 bits per heavy atom. The van der Waals surface area contributed by atoms with Gasteiger partial charge in [0.2, 0.25) is 0 Å². The Kier molecular flexibility index (Phi) is 5.41.